The van der Waals surface area contributed by atoms with Gasteiger partial charge in [0.1, 0.15) is 0 Å². The number of esters is 1. The second-order valence-corrected chi connectivity index (χ2v) is 1.91. The van der Waals surface area contributed by atoms with E-state index in [1.54, 1.807) is 21.3 Å². The Morgan fingerprint density at radius 2 is 1.23 bits per heavy atom. The van der Waals surface area contributed by atoms with Crippen LogP contribution in [-0.4, -0.2) is 40.3 Å². The van der Waals surface area contributed by atoms with Gasteiger partial charge in [-0.2, -0.15) is 0 Å². The number of rotatable bonds is 0. The quantitative estimate of drug-likeness (QED) is 0.558. The van der Waals surface area contributed by atoms with Crippen molar-refractivity contribution >= 4 is 11.9 Å². The number of carbonyl (C=O) groups excluding carboxylic acids is 2. The summed E-state index contributed by atoms with van der Waals surface area (Å²) in [5.74, 6) is -0.241. The van der Waals surface area contributed by atoms with Crippen molar-refractivity contribution < 1.29 is 19.1 Å². The molecule has 0 aromatic heterocycles. The number of hydrogen-bond acceptors (Lipinski definition) is 4. The number of hydrogen-bond donors (Lipinski definition) is 1. The van der Waals surface area contributed by atoms with Crippen molar-refractivity contribution in [2.45, 2.75) is 13.8 Å². The maximum atomic E-state index is 9.70. The van der Waals surface area contributed by atoms with Crippen LogP contribution in [0.15, 0.2) is 0 Å². The molecule has 80 valence electrons. The molecule has 0 aromatic rings. The van der Waals surface area contributed by atoms with Gasteiger partial charge in [-0.25, -0.2) is 0 Å². The molecule has 0 rings (SSSR count). The van der Waals surface area contributed by atoms with E-state index in [1.807, 2.05) is 0 Å². The summed E-state index contributed by atoms with van der Waals surface area (Å²) in [5, 5.41) is 2.39. The van der Waals surface area contributed by atoms with Gasteiger partial charge in [0.25, 0.3) is 0 Å². The highest BCUT2D eigenvalue weighted by Gasteiger charge is 1.75. The third kappa shape index (κ3) is 103. The fourth-order valence-electron chi connectivity index (χ4n) is 0. The predicted octanol–water partition coefficient (Wildman–Crippen LogP) is 0.194. The highest BCUT2D eigenvalue weighted by atomic mass is 16.5. The van der Waals surface area contributed by atoms with Crippen molar-refractivity contribution in [1.82, 2.24) is 5.32 Å². The molecule has 0 spiro atoms. The molecular formula is C8H19NO4. The van der Waals surface area contributed by atoms with Gasteiger partial charge in [-0.1, -0.05) is 0 Å². The van der Waals surface area contributed by atoms with Gasteiger partial charge in [0.15, 0.2) is 0 Å². The smallest absolute Gasteiger partial charge is 0.302 e. The minimum absolute atomic E-state index is 0.00463. The fourth-order valence-corrected chi connectivity index (χ4v) is 0. The number of nitrogens with one attached hydrogen (secondary N) is 1. The van der Waals surface area contributed by atoms with Crippen molar-refractivity contribution in [3.05, 3.63) is 0 Å². The fraction of sp³-hybridized carbons (Fsp3) is 0.750. The molecule has 13 heavy (non-hydrogen) atoms. The molecule has 0 atom stereocenters. The molecule has 5 heteroatoms. The molecule has 0 unspecified atom stereocenters. The van der Waals surface area contributed by atoms with E-state index in [1.165, 1.54) is 21.0 Å². The lowest BCUT2D eigenvalue weighted by molar-refractivity contribution is -0.137. The summed E-state index contributed by atoms with van der Waals surface area (Å²) in [7, 11) is 6.20. The molecule has 1 amide bonds. The van der Waals surface area contributed by atoms with Gasteiger partial charge in [-0.05, 0) is 0 Å². The molecule has 0 saturated heterocycles. The minimum atomic E-state index is -0.245. The van der Waals surface area contributed by atoms with E-state index in [-0.39, 0.29) is 11.9 Å². The SMILES string of the molecule is CNC(C)=O.COC.COC(C)=O. The first kappa shape index (κ1) is 17.8. The number of ether oxygens (including phenoxy) is 2. The van der Waals surface area contributed by atoms with Crippen LogP contribution in [0.5, 0.6) is 0 Å². The van der Waals surface area contributed by atoms with Crippen molar-refractivity contribution in [2.75, 3.05) is 28.4 Å². The zero-order valence-corrected chi connectivity index (χ0v) is 9.13. The Hall–Kier alpha value is -1.10. The van der Waals surface area contributed by atoms with Crippen LogP contribution < -0.4 is 5.32 Å². The summed E-state index contributed by atoms with van der Waals surface area (Å²) >= 11 is 0. The van der Waals surface area contributed by atoms with Crippen LogP contribution in [-0.2, 0) is 19.1 Å². The van der Waals surface area contributed by atoms with Gasteiger partial charge in [0.2, 0.25) is 5.91 Å². The monoisotopic (exact) mass is 193 g/mol. The van der Waals surface area contributed by atoms with Crippen LogP contribution in [0.4, 0.5) is 0 Å². The van der Waals surface area contributed by atoms with Crippen LogP contribution in [0, 0.1) is 0 Å². The average molecular weight is 193 g/mol. The van der Waals surface area contributed by atoms with Gasteiger partial charge in [-0.15, -0.1) is 0 Å². The molecule has 0 aliphatic carbocycles. The normalized spacial score (nSPS) is 6.62. The molecular weight excluding hydrogens is 174 g/mol. The van der Waals surface area contributed by atoms with Gasteiger partial charge in [-0.3, -0.25) is 9.59 Å². The Labute approximate surface area is 79.4 Å². The number of amides is 1. The van der Waals surface area contributed by atoms with Gasteiger partial charge >= 0.3 is 5.97 Å². The Morgan fingerprint density at radius 3 is 1.23 bits per heavy atom. The molecule has 0 saturated carbocycles. The lowest BCUT2D eigenvalue weighted by Crippen LogP contribution is -2.11. The van der Waals surface area contributed by atoms with Crippen LogP contribution in [0.25, 0.3) is 0 Å². The van der Waals surface area contributed by atoms with Crippen molar-refractivity contribution in [3.63, 3.8) is 0 Å². The first-order valence-electron chi connectivity index (χ1n) is 3.59. The molecule has 0 fully saturated rings. The third-order valence-electron chi connectivity index (χ3n) is 0.640. The van der Waals surface area contributed by atoms with E-state index < -0.39 is 0 Å². The zero-order valence-electron chi connectivity index (χ0n) is 9.13. The van der Waals surface area contributed by atoms with Gasteiger partial charge in [0.05, 0.1) is 7.11 Å². The van der Waals surface area contributed by atoms with Crippen LogP contribution in [0.3, 0.4) is 0 Å². The maximum Gasteiger partial charge on any atom is 0.302 e. The van der Waals surface area contributed by atoms with E-state index in [4.69, 9.17) is 0 Å². The van der Waals surface area contributed by atoms with E-state index >= 15 is 0 Å². The molecule has 0 aromatic carbocycles. The number of carbonyl (C=O) groups is 2. The molecule has 1 N–H and O–H groups in total. The molecule has 0 aliphatic rings. The minimum Gasteiger partial charge on any atom is -0.469 e. The maximum absolute atomic E-state index is 9.70. The lowest BCUT2D eigenvalue weighted by atomic mass is 10.7. The van der Waals surface area contributed by atoms with E-state index in [0.29, 0.717) is 0 Å². The van der Waals surface area contributed by atoms with Crippen LogP contribution >= 0.6 is 0 Å². The third-order valence-corrected chi connectivity index (χ3v) is 0.640. The number of methoxy groups -OCH3 is 2. The van der Waals surface area contributed by atoms with Crippen molar-refractivity contribution in [2.24, 2.45) is 0 Å². The highest BCUT2D eigenvalue weighted by molar-refractivity contribution is 5.72. The summed E-state index contributed by atoms with van der Waals surface area (Å²) < 4.78 is 8.36. The summed E-state index contributed by atoms with van der Waals surface area (Å²) in [4.78, 5) is 19.3. The first-order chi connectivity index (χ1) is 5.95. The second kappa shape index (κ2) is 17.1. The Balaban J connectivity index is -0.000000120. The lowest BCUT2D eigenvalue weighted by Gasteiger charge is -1.80. The summed E-state index contributed by atoms with van der Waals surface area (Å²) in [6.07, 6.45) is 0. The highest BCUT2D eigenvalue weighted by Crippen LogP contribution is 1.60. The first-order valence-corrected chi connectivity index (χ1v) is 3.59. The average Bonchev–Trinajstić information content (AvgIpc) is 2.07. The summed E-state index contributed by atoms with van der Waals surface area (Å²) in [6.45, 7) is 2.83. The van der Waals surface area contributed by atoms with Crippen molar-refractivity contribution in [3.8, 4) is 0 Å². The topological polar surface area (TPSA) is 64.6 Å². The Morgan fingerprint density at radius 1 is 1.08 bits per heavy atom. The van der Waals surface area contributed by atoms with E-state index in [2.05, 4.69) is 14.8 Å². The van der Waals surface area contributed by atoms with Crippen molar-refractivity contribution in [1.29, 1.82) is 0 Å². The van der Waals surface area contributed by atoms with Gasteiger partial charge in [0, 0.05) is 35.1 Å². The molecule has 0 aliphatic heterocycles. The summed E-state index contributed by atoms with van der Waals surface area (Å²) in [5.41, 5.74) is 0. The van der Waals surface area contributed by atoms with E-state index in [0.717, 1.165) is 0 Å². The van der Waals surface area contributed by atoms with E-state index in [9.17, 15) is 9.59 Å². The molecule has 0 radical (unpaired) electrons. The Bertz CT molecular complexity index is 111. The predicted molar refractivity (Wildman–Crippen MR) is 50.4 cm³/mol. The van der Waals surface area contributed by atoms with Gasteiger partial charge < -0.3 is 14.8 Å². The Kier molecular flexibility index (Phi) is 23.5. The molecule has 0 heterocycles. The van der Waals surface area contributed by atoms with Crippen LogP contribution in [0.1, 0.15) is 13.8 Å². The zero-order chi connectivity index (χ0) is 11.3. The molecule has 0 bridgehead atoms. The summed E-state index contributed by atoms with van der Waals surface area (Å²) in [6, 6.07) is 0. The van der Waals surface area contributed by atoms with Crippen LogP contribution in [0.2, 0.25) is 0 Å². The molecule has 5 nitrogen and oxygen atoms in total. The largest absolute Gasteiger partial charge is 0.469 e. The second-order valence-electron chi connectivity index (χ2n) is 1.91. The standard InChI is InChI=1S/C3H7NO.C3H6O2.C2H6O/c1-3(5)4-2;1-3(4)5-2;1-3-2/h1-2H3,(H,4,5);1-2H3;1-2H3.